The van der Waals surface area contributed by atoms with E-state index in [0.717, 1.165) is 6.07 Å². The molecule has 0 aliphatic carbocycles. The standard InChI is InChI=1S/C14H19ClN2O5S/c1-9(22-2)8-17-14(19)6-5-12(18)10-3-4-11(15)13(7-10)23(16,20)21/h3-4,7,9H,5-6,8H2,1-2H3,(H,17,19)(H2,16,20,21). The molecule has 1 aromatic rings. The van der Waals surface area contributed by atoms with Crippen LogP contribution in [0.25, 0.3) is 0 Å². The molecule has 0 spiro atoms. The zero-order valence-corrected chi connectivity index (χ0v) is 14.4. The summed E-state index contributed by atoms with van der Waals surface area (Å²) in [6, 6.07) is 3.80. The van der Waals surface area contributed by atoms with Gasteiger partial charge in [-0.15, -0.1) is 0 Å². The van der Waals surface area contributed by atoms with Gasteiger partial charge >= 0.3 is 0 Å². The second-order valence-electron chi connectivity index (χ2n) is 4.96. The van der Waals surface area contributed by atoms with Crippen molar-refractivity contribution >= 4 is 33.3 Å². The lowest BCUT2D eigenvalue weighted by Crippen LogP contribution is -2.31. The van der Waals surface area contributed by atoms with Crippen LogP contribution in [0.1, 0.15) is 30.1 Å². The van der Waals surface area contributed by atoms with Crippen LogP contribution < -0.4 is 10.5 Å². The van der Waals surface area contributed by atoms with E-state index >= 15 is 0 Å². The van der Waals surface area contributed by atoms with E-state index < -0.39 is 10.0 Å². The molecule has 0 heterocycles. The molecule has 0 aliphatic rings. The maximum absolute atomic E-state index is 12.1. The number of ether oxygens (including phenoxy) is 1. The number of hydrogen-bond donors (Lipinski definition) is 2. The molecule has 1 atom stereocenters. The number of ketones is 1. The molecule has 128 valence electrons. The van der Waals surface area contributed by atoms with Gasteiger partial charge < -0.3 is 10.1 Å². The third-order valence-electron chi connectivity index (χ3n) is 3.13. The van der Waals surface area contributed by atoms with Gasteiger partial charge in [0.15, 0.2) is 5.78 Å². The molecule has 23 heavy (non-hydrogen) atoms. The number of carbonyl (C=O) groups excluding carboxylic acids is 2. The van der Waals surface area contributed by atoms with Crippen molar-refractivity contribution in [3.63, 3.8) is 0 Å². The number of benzene rings is 1. The van der Waals surface area contributed by atoms with E-state index in [4.69, 9.17) is 21.5 Å². The lowest BCUT2D eigenvalue weighted by Gasteiger charge is -2.10. The lowest BCUT2D eigenvalue weighted by molar-refractivity contribution is -0.121. The predicted octanol–water partition coefficient (Wildman–Crippen LogP) is 1.10. The van der Waals surface area contributed by atoms with Crippen LogP contribution in [0.2, 0.25) is 5.02 Å². The molecule has 9 heteroatoms. The maximum Gasteiger partial charge on any atom is 0.239 e. The number of amides is 1. The van der Waals surface area contributed by atoms with Crippen molar-refractivity contribution in [3.05, 3.63) is 28.8 Å². The number of Topliss-reactive ketones (excluding diaryl/α,β-unsaturated/α-hetero) is 1. The summed E-state index contributed by atoms with van der Waals surface area (Å²) in [5, 5.41) is 7.60. The van der Waals surface area contributed by atoms with Crippen LogP contribution in [-0.4, -0.2) is 39.9 Å². The minimum atomic E-state index is -4.02. The molecule has 1 amide bonds. The zero-order valence-electron chi connectivity index (χ0n) is 12.8. The fourth-order valence-corrected chi connectivity index (χ4v) is 2.77. The lowest BCUT2D eigenvalue weighted by atomic mass is 10.1. The van der Waals surface area contributed by atoms with Gasteiger partial charge in [-0.3, -0.25) is 9.59 Å². The SMILES string of the molecule is COC(C)CNC(=O)CCC(=O)c1ccc(Cl)c(S(N)(=O)=O)c1. The van der Waals surface area contributed by atoms with Crippen molar-refractivity contribution in [2.75, 3.05) is 13.7 Å². The highest BCUT2D eigenvalue weighted by atomic mass is 35.5. The largest absolute Gasteiger partial charge is 0.380 e. The van der Waals surface area contributed by atoms with E-state index in [2.05, 4.69) is 5.32 Å². The van der Waals surface area contributed by atoms with Gasteiger partial charge in [-0.1, -0.05) is 11.6 Å². The van der Waals surface area contributed by atoms with Gasteiger partial charge in [-0.05, 0) is 25.1 Å². The molecule has 3 N–H and O–H groups in total. The Balaban J connectivity index is 2.67. The Morgan fingerprint density at radius 3 is 2.57 bits per heavy atom. The number of halogens is 1. The van der Waals surface area contributed by atoms with Gasteiger partial charge in [0, 0.05) is 32.1 Å². The molecule has 1 unspecified atom stereocenters. The summed E-state index contributed by atoms with van der Waals surface area (Å²) in [5.41, 5.74) is 0.136. The first-order chi connectivity index (χ1) is 10.6. The monoisotopic (exact) mass is 362 g/mol. The molecule has 0 aliphatic heterocycles. The second-order valence-corrected chi connectivity index (χ2v) is 6.90. The van der Waals surface area contributed by atoms with Crippen molar-refractivity contribution in [2.24, 2.45) is 5.14 Å². The van der Waals surface area contributed by atoms with Gasteiger partial charge in [0.05, 0.1) is 11.1 Å². The minimum absolute atomic E-state index is 0.0113. The third-order valence-corrected chi connectivity index (χ3v) is 4.52. The smallest absolute Gasteiger partial charge is 0.239 e. The van der Waals surface area contributed by atoms with Crippen molar-refractivity contribution in [2.45, 2.75) is 30.8 Å². The molecule has 1 rings (SSSR count). The number of primary sulfonamides is 1. The van der Waals surface area contributed by atoms with E-state index in [0.29, 0.717) is 6.54 Å². The first-order valence-corrected chi connectivity index (χ1v) is 8.72. The normalized spacial score (nSPS) is 12.7. The Hall–Kier alpha value is -1.48. The zero-order chi connectivity index (χ0) is 17.6. The van der Waals surface area contributed by atoms with E-state index in [1.807, 2.05) is 0 Å². The van der Waals surface area contributed by atoms with Gasteiger partial charge in [0.2, 0.25) is 15.9 Å². The Morgan fingerprint density at radius 1 is 1.35 bits per heavy atom. The number of carbonyl (C=O) groups is 2. The summed E-state index contributed by atoms with van der Waals surface area (Å²) in [5.74, 6) is -0.663. The summed E-state index contributed by atoms with van der Waals surface area (Å²) in [6.45, 7) is 2.15. The summed E-state index contributed by atoms with van der Waals surface area (Å²) in [4.78, 5) is 23.4. The fraction of sp³-hybridized carbons (Fsp3) is 0.429. The van der Waals surface area contributed by atoms with E-state index in [1.165, 1.54) is 19.2 Å². The first kappa shape index (κ1) is 19.6. The Morgan fingerprint density at radius 2 is 2.00 bits per heavy atom. The Bertz CT molecular complexity index is 690. The van der Waals surface area contributed by atoms with Crippen LogP contribution >= 0.6 is 11.6 Å². The molecule has 0 bridgehead atoms. The number of nitrogens with two attached hydrogens (primary N) is 1. The van der Waals surface area contributed by atoms with Crippen molar-refractivity contribution < 1.29 is 22.7 Å². The van der Waals surface area contributed by atoms with Crippen LogP contribution in [0.3, 0.4) is 0 Å². The Labute approximate surface area is 140 Å². The molecular formula is C14H19ClN2O5S. The molecule has 0 aromatic heterocycles. The van der Waals surface area contributed by atoms with Crippen molar-refractivity contribution in [1.82, 2.24) is 5.32 Å². The molecule has 1 aromatic carbocycles. The van der Waals surface area contributed by atoms with E-state index in [1.54, 1.807) is 6.92 Å². The van der Waals surface area contributed by atoms with Crippen LogP contribution in [0.4, 0.5) is 0 Å². The third kappa shape index (κ3) is 6.26. The van der Waals surface area contributed by atoms with Gasteiger partial charge in [-0.25, -0.2) is 13.6 Å². The average Bonchev–Trinajstić information content (AvgIpc) is 2.49. The number of methoxy groups -OCH3 is 1. The topological polar surface area (TPSA) is 116 Å². The number of hydrogen-bond acceptors (Lipinski definition) is 5. The minimum Gasteiger partial charge on any atom is -0.380 e. The fourth-order valence-electron chi connectivity index (χ4n) is 1.70. The average molecular weight is 363 g/mol. The van der Waals surface area contributed by atoms with Crippen molar-refractivity contribution in [3.8, 4) is 0 Å². The Kier molecular flexibility index (Phi) is 7.14. The van der Waals surface area contributed by atoms with Gasteiger partial charge in [0.25, 0.3) is 0 Å². The summed E-state index contributed by atoms with van der Waals surface area (Å²) >= 11 is 5.75. The first-order valence-electron chi connectivity index (χ1n) is 6.80. The van der Waals surface area contributed by atoms with Crippen LogP contribution in [-0.2, 0) is 19.6 Å². The predicted molar refractivity (Wildman–Crippen MR) is 85.9 cm³/mol. The summed E-state index contributed by atoms with van der Waals surface area (Å²) in [7, 11) is -2.49. The van der Waals surface area contributed by atoms with Crippen LogP contribution in [0.15, 0.2) is 23.1 Å². The highest BCUT2D eigenvalue weighted by Gasteiger charge is 2.17. The van der Waals surface area contributed by atoms with Crippen LogP contribution in [0, 0.1) is 0 Å². The van der Waals surface area contributed by atoms with E-state index in [9.17, 15) is 18.0 Å². The van der Waals surface area contributed by atoms with Gasteiger partial charge in [0.1, 0.15) is 4.90 Å². The molecule has 0 saturated carbocycles. The number of rotatable bonds is 8. The molecule has 0 saturated heterocycles. The second kappa shape index (κ2) is 8.39. The molecule has 0 radical (unpaired) electrons. The number of sulfonamides is 1. The highest BCUT2D eigenvalue weighted by Crippen LogP contribution is 2.22. The van der Waals surface area contributed by atoms with Crippen molar-refractivity contribution in [1.29, 1.82) is 0 Å². The molecule has 7 nitrogen and oxygen atoms in total. The molecule has 0 fully saturated rings. The maximum atomic E-state index is 12.1. The molecular weight excluding hydrogens is 344 g/mol. The quantitative estimate of drug-likeness (QED) is 0.672. The highest BCUT2D eigenvalue weighted by molar-refractivity contribution is 7.89. The van der Waals surface area contributed by atoms with E-state index in [-0.39, 0.29) is 46.1 Å². The van der Waals surface area contributed by atoms with Crippen LogP contribution in [0.5, 0.6) is 0 Å². The number of nitrogens with one attached hydrogen (secondary N) is 1. The summed E-state index contributed by atoms with van der Waals surface area (Å²) < 4.78 is 27.7. The van der Waals surface area contributed by atoms with Gasteiger partial charge in [-0.2, -0.15) is 0 Å². The summed E-state index contributed by atoms with van der Waals surface area (Å²) in [6.07, 6.45) is -0.190.